The third-order valence-corrected chi connectivity index (χ3v) is 5.25. The van der Waals surface area contributed by atoms with Crippen LogP contribution in [0.25, 0.3) is 0 Å². The van der Waals surface area contributed by atoms with Gasteiger partial charge in [-0.1, -0.05) is 66.7 Å². The molecule has 1 aliphatic heterocycles. The van der Waals surface area contributed by atoms with Crippen molar-refractivity contribution in [2.45, 2.75) is 25.4 Å². The zero-order valence-corrected chi connectivity index (χ0v) is 15.5. The molecule has 0 saturated heterocycles. The zero-order chi connectivity index (χ0) is 18.6. The monoisotopic (exact) mass is 356 g/mol. The Morgan fingerprint density at radius 2 is 1.56 bits per heavy atom. The second-order valence-electron chi connectivity index (χ2n) is 7.12. The fourth-order valence-electron chi connectivity index (χ4n) is 3.86. The molecule has 3 nitrogen and oxygen atoms in total. The minimum absolute atomic E-state index is 0.159. The van der Waals surface area contributed by atoms with Gasteiger partial charge in [-0.25, -0.2) is 0 Å². The quantitative estimate of drug-likeness (QED) is 0.628. The lowest BCUT2D eigenvalue weighted by atomic mass is 9.91. The minimum Gasteiger partial charge on any atom is -0.378 e. The topological polar surface area (TPSA) is 32.3 Å². The zero-order valence-electron chi connectivity index (χ0n) is 15.5. The Labute approximate surface area is 160 Å². The van der Waals surface area contributed by atoms with E-state index in [9.17, 15) is 4.79 Å². The molecule has 136 valence electrons. The molecular formula is C24H24N2O. The maximum atomic E-state index is 12.8. The second-order valence-corrected chi connectivity index (χ2v) is 7.12. The number of ketones is 1. The summed E-state index contributed by atoms with van der Waals surface area (Å²) in [6.45, 7) is 2.61. The molecule has 0 radical (unpaired) electrons. The molecular weight excluding hydrogens is 332 g/mol. The van der Waals surface area contributed by atoms with E-state index in [0.717, 1.165) is 23.4 Å². The molecule has 27 heavy (non-hydrogen) atoms. The third kappa shape index (κ3) is 3.72. The highest BCUT2D eigenvalue weighted by Crippen LogP contribution is 2.38. The molecule has 0 spiro atoms. The summed E-state index contributed by atoms with van der Waals surface area (Å²) in [6, 6.07) is 28.8. The van der Waals surface area contributed by atoms with Gasteiger partial charge in [-0.05, 0) is 37.1 Å². The van der Waals surface area contributed by atoms with Crippen LogP contribution in [0.2, 0.25) is 0 Å². The largest absolute Gasteiger partial charge is 0.378 e. The molecule has 0 bridgehead atoms. The second kappa shape index (κ2) is 7.67. The van der Waals surface area contributed by atoms with Gasteiger partial charge in [0.05, 0.1) is 12.6 Å². The van der Waals surface area contributed by atoms with Crippen LogP contribution >= 0.6 is 0 Å². The van der Waals surface area contributed by atoms with Gasteiger partial charge in [0.15, 0.2) is 5.78 Å². The lowest BCUT2D eigenvalue weighted by molar-refractivity contribution is 0.0996. The van der Waals surface area contributed by atoms with E-state index < -0.39 is 0 Å². The average Bonchev–Trinajstić information content (AvgIpc) is 2.72. The summed E-state index contributed by atoms with van der Waals surface area (Å²) in [5.74, 6) is 0.159. The summed E-state index contributed by atoms with van der Waals surface area (Å²) in [4.78, 5) is 15.0. The van der Waals surface area contributed by atoms with Crippen LogP contribution in [0.3, 0.4) is 0 Å². The molecule has 3 aromatic carbocycles. The number of carbonyl (C=O) groups is 1. The molecule has 2 atom stereocenters. The summed E-state index contributed by atoms with van der Waals surface area (Å²) in [5.41, 5.74) is 4.29. The lowest BCUT2D eigenvalue weighted by Crippen LogP contribution is -2.43. The van der Waals surface area contributed by atoms with Crippen molar-refractivity contribution in [3.63, 3.8) is 0 Å². The number of nitrogens with zero attached hydrogens (tertiary/aromatic N) is 1. The van der Waals surface area contributed by atoms with Gasteiger partial charge < -0.3 is 10.2 Å². The van der Waals surface area contributed by atoms with Crippen molar-refractivity contribution in [1.82, 2.24) is 0 Å². The van der Waals surface area contributed by atoms with Crippen LogP contribution < -0.4 is 10.2 Å². The molecule has 1 heterocycles. The van der Waals surface area contributed by atoms with E-state index in [1.54, 1.807) is 0 Å². The van der Waals surface area contributed by atoms with Crippen molar-refractivity contribution in [3.05, 3.63) is 96.1 Å². The molecule has 0 aromatic heterocycles. The Balaban J connectivity index is 1.60. The maximum absolute atomic E-state index is 12.8. The summed E-state index contributed by atoms with van der Waals surface area (Å²) in [5, 5.41) is 3.66. The molecule has 0 saturated carbocycles. The number of carbonyl (C=O) groups excluding carboxylic acids is 1. The van der Waals surface area contributed by atoms with E-state index in [4.69, 9.17) is 0 Å². The highest BCUT2D eigenvalue weighted by molar-refractivity contribution is 5.99. The summed E-state index contributed by atoms with van der Waals surface area (Å²) >= 11 is 0. The molecule has 0 fully saturated rings. The number of nitrogens with one attached hydrogen (secondary N) is 1. The van der Waals surface area contributed by atoms with Crippen molar-refractivity contribution in [3.8, 4) is 0 Å². The molecule has 3 aromatic rings. The van der Waals surface area contributed by atoms with Crippen LogP contribution in [0.4, 0.5) is 11.4 Å². The molecule has 1 aliphatic rings. The van der Waals surface area contributed by atoms with Gasteiger partial charge in [0.25, 0.3) is 0 Å². The number of hydrogen-bond donors (Lipinski definition) is 1. The van der Waals surface area contributed by atoms with Crippen LogP contribution in [0, 0.1) is 0 Å². The van der Waals surface area contributed by atoms with E-state index in [1.807, 2.05) is 48.5 Å². The number of hydrogen-bond acceptors (Lipinski definition) is 3. The highest BCUT2D eigenvalue weighted by atomic mass is 16.1. The fourth-order valence-corrected chi connectivity index (χ4v) is 3.86. The van der Waals surface area contributed by atoms with E-state index in [2.05, 4.69) is 53.5 Å². The van der Waals surface area contributed by atoms with Gasteiger partial charge >= 0.3 is 0 Å². The fraction of sp³-hybridized carbons (Fsp3) is 0.208. The number of fused-ring (bicyclic) bond motifs is 1. The third-order valence-electron chi connectivity index (χ3n) is 5.25. The van der Waals surface area contributed by atoms with E-state index in [0.29, 0.717) is 6.54 Å². The molecule has 0 aliphatic carbocycles. The van der Waals surface area contributed by atoms with Gasteiger partial charge in [0, 0.05) is 23.0 Å². The van der Waals surface area contributed by atoms with Crippen molar-refractivity contribution in [2.75, 3.05) is 16.8 Å². The van der Waals surface area contributed by atoms with Crippen LogP contribution in [0.5, 0.6) is 0 Å². The van der Waals surface area contributed by atoms with Gasteiger partial charge in [-0.2, -0.15) is 0 Å². The summed E-state index contributed by atoms with van der Waals surface area (Å²) in [7, 11) is 0. The molecule has 0 unspecified atom stereocenters. The van der Waals surface area contributed by atoms with E-state index >= 15 is 0 Å². The van der Waals surface area contributed by atoms with E-state index in [1.165, 1.54) is 5.56 Å². The molecule has 0 amide bonds. The first-order valence-electron chi connectivity index (χ1n) is 9.48. The van der Waals surface area contributed by atoms with E-state index in [-0.39, 0.29) is 17.9 Å². The van der Waals surface area contributed by atoms with Crippen LogP contribution in [-0.2, 0) is 0 Å². The van der Waals surface area contributed by atoms with Crippen molar-refractivity contribution in [1.29, 1.82) is 0 Å². The SMILES string of the molecule is C[C@H]1C[C@@H](Nc2ccccc2)c2ccccc2N1CC(=O)c1ccccc1. The van der Waals surface area contributed by atoms with Crippen LogP contribution in [0.1, 0.15) is 35.3 Å². The molecule has 3 heteroatoms. The van der Waals surface area contributed by atoms with Gasteiger partial charge in [-0.15, -0.1) is 0 Å². The first-order chi connectivity index (χ1) is 13.2. The van der Waals surface area contributed by atoms with Gasteiger partial charge in [0.2, 0.25) is 0 Å². The molecule has 4 rings (SSSR count). The van der Waals surface area contributed by atoms with Crippen LogP contribution in [-0.4, -0.2) is 18.4 Å². The van der Waals surface area contributed by atoms with Crippen molar-refractivity contribution in [2.24, 2.45) is 0 Å². The predicted molar refractivity (Wildman–Crippen MR) is 111 cm³/mol. The highest BCUT2D eigenvalue weighted by Gasteiger charge is 2.31. The number of anilines is 2. The Hall–Kier alpha value is -3.07. The first-order valence-corrected chi connectivity index (χ1v) is 9.48. The standard InChI is InChI=1S/C24H24N2O/c1-18-16-22(25-20-12-6-3-7-13-20)21-14-8-9-15-23(21)26(18)17-24(27)19-10-4-2-5-11-19/h2-15,18,22,25H,16-17H2,1H3/t18-,22+/m0/s1. The van der Waals surface area contributed by atoms with Crippen molar-refractivity contribution < 1.29 is 4.79 Å². The number of Topliss-reactive ketones (excluding diaryl/α,β-unsaturated/α-hetero) is 1. The van der Waals surface area contributed by atoms with Gasteiger partial charge in [-0.3, -0.25) is 4.79 Å². The van der Waals surface area contributed by atoms with Crippen LogP contribution in [0.15, 0.2) is 84.9 Å². The minimum atomic E-state index is 0.159. The van der Waals surface area contributed by atoms with Gasteiger partial charge in [0.1, 0.15) is 0 Å². The first kappa shape index (κ1) is 17.3. The molecule has 1 N–H and O–H groups in total. The Kier molecular flexibility index (Phi) is 4.93. The summed E-state index contributed by atoms with van der Waals surface area (Å²) < 4.78 is 0. The Bertz CT molecular complexity index is 908. The normalized spacial score (nSPS) is 18.6. The Morgan fingerprint density at radius 1 is 0.926 bits per heavy atom. The Morgan fingerprint density at radius 3 is 2.30 bits per heavy atom. The van der Waals surface area contributed by atoms with Crippen molar-refractivity contribution >= 4 is 17.2 Å². The number of benzene rings is 3. The lowest BCUT2D eigenvalue weighted by Gasteiger charge is -2.41. The smallest absolute Gasteiger partial charge is 0.182 e. The predicted octanol–water partition coefficient (Wildman–Crippen LogP) is 5.32. The summed E-state index contributed by atoms with van der Waals surface area (Å²) in [6.07, 6.45) is 0.952. The average molecular weight is 356 g/mol. The number of rotatable bonds is 5. The maximum Gasteiger partial charge on any atom is 0.182 e. The number of para-hydroxylation sites is 2.